The molecule has 0 unspecified atom stereocenters. The highest BCUT2D eigenvalue weighted by Gasteiger charge is 2.27. The number of nitrogens with zero attached hydrogens (tertiary/aromatic N) is 4. The number of likely N-dealkylation sites (tertiary alicyclic amines) is 1. The SMILES string of the molecule is CC1CN(C(=O)Nc2ccn(CCN(C)C)n2)C1. The molecule has 2 heterocycles. The van der Waals surface area contributed by atoms with Gasteiger partial charge >= 0.3 is 6.03 Å². The molecule has 1 aromatic rings. The van der Waals surface area contributed by atoms with Crippen LogP contribution >= 0.6 is 0 Å². The van der Waals surface area contributed by atoms with E-state index in [1.165, 1.54) is 0 Å². The Balaban J connectivity index is 1.81. The van der Waals surface area contributed by atoms with Crippen LogP contribution in [0.4, 0.5) is 10.6 Å². The molecule has 0 atom stereocenters. The first-order valence-electron chi connectivity index (χ1n) is 6.28. The number of anilines is 1. The van der Waals surface area contributed by atoms with E-state index in [1.807, 2.05) is 31.0 Å². The van der Waals surface area contributed by atoms with Crippen LogP contribution < -0.4 is 5.32 Å². The molecule has 1 aliphatic rings. The lowest BCUT2D eigenvalue weighted by molar-refractivity contribution is 0.140. The van der Waals surface area contributed by atoms with Crippen molar-refractivity contribution < 1.29 is 4.79 Å². The fourth-order valence-electron chi connectivity index (χ4n) is 1.91. The zero-order valence-corrected chi connectivity index (χ0v) is 11.3. The van der Waals surface area contributed by atoms with E-state index in [0.29, 0.717) is 11.7 Å². The Morgan fingerprint density at radius 1 is 1.56 bits per heavy atom. The lowest BCUT2D eigenvalue weighted by atomic mass is 10.0. The second-order valence-corrected chi connectivity index (χ2v) is 5.21. The monoisotopic (exact) mass is 251 g/mol. The smallest absolute Gasteiger partial charge is 0.323 e. The highest BCUT2D eigenvalue weighted by molar-refractivity contribution is 5.88. The maximum atomic E-state index is 11.8. The van der Waals surface area contributed by atoms with Gasteiger partial charge in [0.2, 0.25) is 0 Å². The van der Waals surface area contributed by atoms with E-state index < -0.39 is 0 Å². The topological polar surface area (TPSA) is 53.4 Å². The molecular formula is C12H21N5O. The summed E-state index contributed by atoms with van der Waals surface area (Å²) in [6.45, 7) is 5.57. The Morgan fingerprint density at radius 2 is 2.28 bits per heavy atom. The first-order valence-corrected chi connectivity index (χ1v) is 6.28. The van der Waals surface area contributed by atoms with Crippen LogP contribution in [0, 0.1) is 5.92 Å². The minimum Gasteiger partial charge on any atom is -0.324 e. The Kier molecular flexibility index (Phi) is 3.86. The molecule has 0 aliphatic carbocycles. The summed E-state index contributed by atoms with van der Waals surface area (Å²) in [5.41, 5.74) is 0. The third-order valence-electron chi connectivity index (χ3n) is 3.00. The van der Waals surface area contributed by atoms with Crippen molar-refractivity contribution in [3.8, 4) is 0 Å². The van der Waals surface area contributed by atoms with Gasteiger partial charge in [0.1, 0.15) is 0 Å². The van der Waals surface area contributed by atoms with Crippen LogP contribution in [0.15, 0.2) is 12.3 Å². The fraction of sp³-hybridized carbons (Fsp3) is 0.667. The van der Waals surface area contributed by atoms with Gasteiger partial charge in [0.25, 0.3) is 0 Å². The molecular weight excluding hydrogens is 230 g/mol. The quantitative estimate of drug-likeness (QED) is 0.866. The van der Waals surface area contributed by atoms with Gasteiger partial charge in [-0.05, 0) is 20.0 Å². The van der Waals surface area contributed by atoms with Crippen LogP contribution in [-0.4, -0.2) is 59.3 Å². The van der Waals surface area contributed by atoms with Gasteiger partial charge in [0.15, 0.2) is 5.82 Å². The lowest BCUT2D eigenvalue weighted by Crippen LogP contribution is -2.50. The van der Waals surface area contributed by atoms with Crippen LogP contribution in [-0.2, 0) is 6.54 Å². The average molecular weight is 251 g/mol. The van der Waals surface area contributed by atoms with E-state index >= 15 is 0 Å². The van der Waals surface area contributed by atoms with E-state index in [9.17, 15) is 4.79 Å². The van der Waals surface area contributed by atoms with Gasteiger partial charge in [-0.25, -0.2) is 4.79 Å². The predicted molar refractivity (Wildman–Crippen MR) is 70.5 cm³/mol. The molecule has 1 saturated heterocycles. The Hall–Kier alpha value is -1.56. The lowest BCUT2D eigenvalue weighted by Gasteiger charge is -2.36. The first kappa shape index (κ1) is 12.9. The molecule has 2 rings (SSSR count). The van der Waals surface area contributed by atoms with Crippen LogP contribution in [0.25, 0.3) is 0 Å². The number of amides is 2. The van der Waals surface area contributed by atoms with E-state index in [-0.39, 0.29) is 6.03 Å². The largest absolute Gasteiger partial charge is 0.324 e. The number of likely N-dealkylation sites (N-methyl/N-ethyl adjacent to an activating group) is 1. The van der Waals surface area contributed by atoms with Crippen molar-refractivity contribution in [3.05, 3.63) is 12.3 Å². The number of hydrogen-bond acceptors (Lipinski definition) is 3. The molecule has 1 aromatic heterocycles. The van der Waals surface area contributed by atoms with Crippen LogP contribution in [0.2, 0.25) is 0 Å². The molecule has 6 nitrogen and oxygen atoms in total. The maximum absolute atomic E-state index is 11.8. The molecule has 0 radical (unpaired) electrons. The first-order chi connectivity index (χ1) is 8.54. The van der Waals surface area contributed by atoms with Crippen LogP contribution in [0.3, 0.4) is 0 Å². The predicted octanol–water partition coefficient (Wildman–Crippen LogP) is 0.928. The Labute approximate surface area is 108 Å². The highest BCUT2D eigenvalue weighted by atomic mass is 16.2. The van der Waals surface area contributed by atoms with Crippen LogP contribution in [0.1, 0.15) is 6.92 Å². The van der Waals surface area contributed by atoms with Crippen LogP contribution in [0.5, 0.6) is 0 Å². The molecule has 18 heavy (non-hydrogen) atoms. The standard InChI is InChI=1S/C12H21N5O/c1-10-8-16(9-10)12(18)13-11-4-5-17(14-11)7-6-15(2)3/h4-5,10H,6-9H2,1-3H3,(H,13,14,18). The van der Waals surface area contributed by atoms with Crippen molar-refractivity contribution >= 4 is 11.8 Å². The summed E-state index contributed by atoms with van der Waals surface area (Å²) in [6, 6.07) is 1.78. The second-order valence-electron chi connectivity index (χ2n) is 5.21. The summed E-state index contributed by atoms with van der Waals surface area (Å²) in [4.78, 5) is 15.7. The number of carbonyl (C=O) groups excluding carboxylic acids is 1. The number of hydrogen-bond donors (Lipinski definition) is 1. The number of urea groups is 1. The molecule has 1 aliphatic heterocycles. The summed E-state index contributed by atoms with van der Waals surface area (Å²) in [6.07, 6.45) is 1.89. The number of aromatic nitrogens is 2. The zero-order valence-electron chi connectivity index (χ0n) is 11.3. The van der Waals surface area contributed by atoms with Gasteiger partial charge in [-0.3, -0.25) is 10.00 Å². The zero-order chi connectivity index (χ0) is 13.1. The molecule has 0 bridgehead atoms. The maximum Gasteiger partial charge on any atom is 0.323 e. The highest BCUT2D eigenvalue weighted by Crippen LogP contribution is 2.15. The summed E-state index contributed by atoms with van der Waals surface area (Å²) in [5, 5.41) is 7.13. The molecule has 0 spiro atoms. The van der Waals surface area contributed by atoms with Gasteiger partial charge in [0, 0.05) is 31.9 Å². The van der Waals surface area contributed by atoms with E-state index in [4.69, 9.17) is 0 Å². The van der Waals surface area contributed by atoms with E-state index in [1.54, 1.807) is 4.90 Å². The van der Waals surface area contributed by atoms with Crippen molar-refractivity contribution in [1.82, 2.24) is 19.6 Å². The van der Waals surface area contributed by atoms with Crippen molar-refractivity contribution in [3.63, 3.8) is 0 Å². The summed E-state index contributed by atoms with van der Waals surface area (Å²) in [5.74, 6) is 1.24. The molecule has 1 fully saturated rings. The van der Waals surface area contributed by atoms with Gasteiger partial charge < -0.3 is 9.80 Å². The van der Waals surface area contributed by atoms with E-state index in [2.05, 4.69) is 22.2 Å². The molecule has 2 amide bonds. The number of rotatable bonds is 4. The molecule has 6 heteroatoms. The molecule has 1 N–H and O–H groups in total. The molecule has 0 aromatic carbocycles. The van der Waals surface area contributed by atoms with Crippen molar-refractivity contribution in [1.29, 1.82) is 0 Å². The normalized spacial score (nSPS) is 15.9. The van der Waals surface area contributed by atoms with E-state index in [0.717, 1.165) is 26.2 Å². The number of nitrogens with one attached hydrogen (secondary N) is 1. The Bertz CT molecular complexity index is 408. The van der Waals surface area contributed by atoms with Crippen molar-refractivity contribution in [2.75, 3.05) is 39.0 Å². The number of carbonyl (C=O) groups is 1. The summed E-state index contributed by atoms with van der Waals surface area (Å²) in [7, 11) is 4.05. The third kappa shape index (κ3) is 3.22. The van der Waals surface area contributed by atoms with Gasteiger partial charge in [-0.2, -0.15) is 5.10 Å². The minimum absolute atomic E-state index is 0.0500. The molecule has 0 saturated carbocycles. The van der Waals surface area contributed by atoms with Gasteiger partial charge in [-0.15, -0.1) is 0 Å². The fourth-order valence-corrected chi connectivity index (χ4v) is 1.91. The Morgan fingerprint density at radius 3 is 2.89 bits per heavy atom. The summed E-state index contributed by atoms with van der Waals surface area (Å²) >= 11 is 0. The minimum atomic E-state index is -0.0500. The van der Waals surface area contributed by atoms with Gasteiger partial charge in [-0.1, -0.05) is 6.92 Å². The average Bonchev–Trinajstić information content (AvgIpc) is 2.69. The second kappa shape index (κ2) is 5.39. The third-order valence-corrected chi connectivity index (χ3v) is 3.00. The summed E-state index contributed by atoms with van der Waals surface area (Å²) < 4.78 is 1.84. The molecule has 100 valence electrons. The van der Waals surface area contributed by atoms with Crippen molar-refractivity contribution in [2.45, 2.75) is 13.5 Å². The van der Waals surface area contributed by atoms with Crippen molar-refractivity contribution in [2.24, 2.45) is 5.92 Å². The van der Waals surface area contributed by atoms with Gasteiger partial charge in [0.05, 0.1) is 6.54 Å².